The van der Waals surface area contributed by atoms with Crippen molar-refractivity contribution in [3.63, 3.8) is 0 Å². The first-order valence-electron chi connectivity index (χ1n) is 3.78. The molecule has 1 rings (SSSR count). The van der Waals surface area contributed by atoms with E-state index in [1.165, 1.54) is 11.8 Å². The fourth-order valence-electron chi connectivity index (χ4n) is 0.926. The molecule has 1 atom stereocenters. The molecule has 1 heterocycles. The summed E-state index contributed by atoms with van der Waals surface area (Å²) in [5.74, 6) is 0. The average molecular weight is 181 g/mol. The molecule has 0 spiro atoms. The predicted molar refractivity (Wildman–Crippen MR) is 50.9 cm³/mol. The lowest BCUT2D eigenvalue weighted by molar-refractivity contribution is -0.109. The van der Waals surface area contributed by atoms with Gasteiger partial charge in [-0.3, -0.25) is 9.78 Å². The summed E-state index contributed by atoms with van der Waals surface area (Å²) in [6, 6.07) is 5.73. The van der Waals surface area contributed by atoms with Crippen LogP contribution in [0.3, 0.4) is 0 Å². The number of thioether (sulfide) groups is 1. The average Bonchev–Trinajstić information content (AvgIpc) is 2.05. The zero-order valence-corrected chi connectivity index (χ0v) is 7.97. The van der Waals surface area contributed by atoms with E-state index in [0.717, 1.165) is 5.69 Å². The molecule has 0 aliphatic heterocycles. The summed E-state index contributed by atoms with van der Waals surface area (Å²) < 4.78 is 0. The lowest BCUT2D eigenvalue weighted by atomic mass is 10.3. The maximum Gasteiger partial charge on any atom is 0.186 e. The smallest absolute Gasteiger partial charge is 0.186 e. The molecular formula is C9H11NOS. The highest BCUT2D eigenvalue weighted by molar-refractivity contribution is 8.13. The Morgan fingerprint density at radius 1 is 1.58 bits per heavy atom. The van der Waals surface area contributed by atoms with Crippen molar-refractivity contribution in [3.8, 4) is 0 Å². The quantitative estimate of drug-likeness (QED) is 0.701. The molecule has 1 aromatic rings. The molecule has 0 saturated heterocycles. The van der Waals surface area contributed by atoms with E-state index in [1.54, 1.807) is 13.1 Å². The molecule has 0 aliphatic rings. The Balaban J connectivity index is 2.65. The number of hydrogen-bond donors (Lipinski definition) is 0. The molecule has 3 heteroatoms. The van der Waals surface area contributed by atoms with Crippen LogP contribution in [0.1, 0.15) is 24.8 Å². The number of rotatable bonds is 2. The second-order valence-corrected chi connectivity index (χ2v) is 4.02. The van der Waals surface area contributed by atoms with E-state index in [0.29, 0.717) is 0 Å². The third kappa shape index (κ3) is 2.66. The molecule has 1 unspecified atom stereocenters. The van der Waals surface area contributed by atoms with Crippen LogP contribution in [0.25, 0.3) is 0 Å². The fraction of sp³-hybridized carbons (Fsp3) is 0.333. The lowest BCUT2D eigenvalue weighted by Gasteiger charge is -2.06. The summed E-state index contributed by atoms with van der Waals surface area (Å²) in [6.45, 7) is 3.55. The number of carbonyl (C=O) groups excluding carboxylic acids is 1. The zero-order valence-electron chi connectivity index (χ0n) is 7.15. The van der Waals surface area contributed by atoms with E-state index in [9.17, 15) is 4.79 Å². The van der Waals surface area contributed by atoms with Crippen molar-refractivity contribution in [1.29, 1.82) is 0 Å². The summed E-state index contributed by atoms with van der Waals surface area (Å²) >= 11 is 1.31. The summed E-state index contributed by atoms with van der Waals surface area (Å²) in [6.07, 6.45) is 1.74. The first-order valence-corrected chi connectivity index (χ1v) is 4.66. The standard InChI is InChI=1S/C9H11NOS/c1-7(12-8(2)11)9-5-3-4-6-10-9/h3-7H,1-2H3. The third-order valence-electron chi connectivity index (χ3n) is 1.45. The molecule has 0 saturated carbocycles. The Morgan fingerprint density at radius 3 is 2.83 bits per heavy atom. The van der Waals surface area contributed by atoms with Gasteiger partial charge in [0.15, 0.2) is 5.12 Å². The van der Waals surface area contributed by atoms with Gasteiger partial charge in [0, 0.05) is 13.1 Å². The Bertz CT molecular complexity index is 260. The SMILES string of the molecule is CC(=O)SC(C)c1ccccn1. The lowest BCUT2D eigenvalue weighted by Crippen LogP contribution is -1.94. The van der Waals surface area contributed by atoms with E-state index in [2.05, 4.69) is 4.98 Å². The van der Waals surface area contributed by atoms with Crippen LogP contribution in [0.4, 0.5) is 0 Å². The summed E-state index contributed by atoms with van der Waals surface area (Å²) in [5, 5.41) is 0.289. The molecule has 0 amide bonds. The van der Waals surface area contributed by atoms with Gasteiger partial charge >= 0.3 is 0 Å². The minimum atomic E-state index is 0.133. The Labute approximate surface area is 76.4 Å². The van der Waals surface area contributed by atoms with E-state index in [1.807, 2.05) is 25.1 Å². The third-order valence-corrected chi connectivity index (χ3v) is 2.37. The second-order valence-electron chi connectivity index (χ2n) is 2.51. The molecule has 64 valence electrons. The highest BCUT2D eigenvalue weighted by atomic mass is 32.2. The highest BCUT2D eigenvalue weighted by Crippen LogP contribution is 2.26. The topological polar surface area (TPSA) is 30.0 Å². The van der Waals surface area contributed by atoms with Gasteiger partial charge in [0.25, 0.3) is 0 Å². The van der Waals surface area contributed by atoms with Gasteiger partial charge in [-0.1, -0.05) is 17.8 Å². The van der Waals surface area contributed by atoms with Crippen LogP contribution in [0.5, 0.6) is 0 Å². The molecule has 0 aliphatic carbocycles. The minimum absolute atomic E-state index is 0.133. The molecule has 12 heavy (non-hydrogen) atoms. The summed E-state index contributed by atoms with van der Waals surface area (Å²) in [4.78, 5) is 14.9. The summed E-state index contributed by atoms with van der Waals surface area (Å²) in [5.41, 5.74) is 0.956. The number of nitrogens with zero attached hydrogens (tertiary/aromatic N) is 1. The largest absolute Gasteiger partial charge is 0.288 e. The highest BCUT2D eigenvalue weighted by Gasteiger charge is 2.08. The number of aromatic nitrogens is 1. The van der Waals surface area contributed by atoms with Gasteiger partial charge in [-0.05, 0) is 19.1 Å². The van der Waals surface area contributed by atoms with Gasteiger partial charge in [0.1, 0.15) is 0 Å². The van der Waals surface area contributed by atoms with Crippen molar-refractivity contribution in [2.75, 3.05) is 0 Å². The molecule has 0 aromatic carbocycles. The van der Waals surface area contributed by atoms with Gasteiger partial charge in [0.2, 0.25) is 0 Å². The van der Waals surface area contributed by atoms with Gasteiger partial charge < -0.3 is 0 Å². The van der Waals surface area contributed by atoms with Crippen molar-refractivity contribution >= 4 is 16.9 Å². The van der Waals surface area contributed by atoms with E-state index in [-0.39, 0.29) is 10.4 Å². The number of carbonyl (C=O) groups is 1. The van der Waals surface area contributed by atoms with Gasteiger partial charge in [0.05, 0.1) is 10.9 Å². The maximum absolute atomic E-state index is 10.8. The predicted octanol–water partition coefficient (Wildman–Crippen LogP) is 2.42. The van der Waals surface area contributed by atoms with Crippen molar-refractivity contribution in [2.24, 2.45) is 0 Å². The van der Waals surface area contributed by atoms with Crippen molar-refractivity contribution < 1.29 is 4.79 Å². The van der Waals surface area contributed by atoms with E-state index in [4.69, 9.17) is 0 Å². The van der Waals surface area contributed by atoms with Crippen molar-refractivity contribution in [3.05, 3.63) is 30.1 Å². The van der Waals surface area contributed by atoms with Crippen molar-refractivity contribution in [2.45, 2.75) is 19.1 Å². The second kappa shape index (κ2) is 4.26. The van der Waals surface area contributed by atoms with Crippen molar-refractivity contribution in [1.82, 2.24) is 4.98 Å². The van der Waals surface area contributed by atoms with Crippen LogP contribution in [0.15, 0.2) is 24.4 Å². The van der Waals surface area contributed by atoms with Gasteiger partial charge in [-0.2, -0.15) is 0 Å². The monoisotopic (exact) mass is 181 g/mol. The molecule has 0 fully saturated rings. The number of pyridine rings is 1. The van der Waals surface area contributed by atoms with Gasteiger partial charge in [-0.15, -0.1) is 0 Å². The zero-order chi connectivity index (χ0) is 8.97. The molecular weight excluding hydrogens is 170 g/mol. The summed E-state index contributed by atoms with van der Waals surface area (Å²) in [7, 11) is 0. The Morgan fingerprint density at radius 2 is 2.33 bits per heavy atom. The first-order chi connectivity index (χ1) is 5.70. The number of hydrogen-bond acceptors (Lipinski definition) is 3. The molecule has 1 aromatic heterocycles. The van der Waals surface area contributed by atoms with Crippen LogP contribution in [0, 0.1) is 0 Å². The van der Waals surface area contributed by atoms with Crippen LogP contribution < -0.4 is 0 Å². The van der Waals surface area contributed by atoms with Gasteiger partial charge in [-0.25, -0.2) is 0 Å². The molecule has 0 bridgehead atoms. The molecule has 2 nitrogen and oxygen atoms in total. The van der Waals surface area contributed by atoms with E-state index < -0.39 is 0 Å². The Hall–Kier alpha value is -0.830. The van der Waals surface area contributed by atoms with E-state index >= 15 is 0 Å². The molecule has 0 radical (unpaired) electrons. The van der Waals surface area contributed by atoms with Crippen LogP contribution >= 0.6 is 11.8 Å². The normalized spacial score (nSPS) is 12.5. The van der Waals surface area contributed by atoms with Crippen LogP contribution in [-0.2, 0) is 4.79 Å². The maximum atomic E-state index is 10.8. The first kappa shape index (κ1) is 9.26. The van der Waals surface area contributed by atoms with Crippen LogP contribution in [0.2, 0.25) is 0 Å². The fourth-order valence-corrected chi connectivity index (χ4v) is 1.68. The Kier molecular flexibility index (Phi) is 3.29. The minimum Gasteiger partial charge on any atom is -0.288 e. The molecule has 0 N–H and O–H groups in total. The van der Waals surface area contributed by atoms with Crippen LogP contribution in [-0.4, -0.2) is 10.1 Å².